The number of halogens is 1. The summed E-state index contributed by atoms with van der Waals surface area (Å²) in [6.07, 6.45) is 1.65. The molecular weight excluding hydrogens is 233 g/mol. The lowest BCUT2D eigenvalue weighted by Gasteiger charge is -2.14. The summed E-state index contributed by atoms with van der Waals surface area (Å²) in [5, 5.41) is 12.1. The fourth-order valence-corrected chi connectivity index (χ4v) is 2.22. The van der Waals surface area contributed by atoms with E-state index in [1.54, 1.807) is 12.1 Å². The zero-order valence-corrected chi connectivity index (χ0v) is 10.7. The van der Waals surface area contributed by atoms with Crippen molar-refractivity contribution in [3.63, 3.8) is 0 Å². The van der Waals surface area contributed by atoms with E-state index in [0.717, 1.165) is 37.2 Å². The van der Waals surface area contributed by atoms with Gasteiger partial charge in [0.05, 0.1) is 0 Å². The Morgan fingerprint density at radius 1 is 1.56 bits per heavy atom. The first-order valence-electron chi connectivity index (χ1n) is 6.45. The predicted octanol–water partition coefficient (Wildman–Crippen LogP) is 1.74. The maximum Gasteiger partial charge on any atom is 0.123 e. The molecule has 0 aromatic heterocycles. The van der Waals surface area contributed by atoms with Crippen LogP contribution in [0, 0.1) is 11.7 Å². The molecule has 3 nitrogen and oxygen atoms in total. The zero-order valence-electron chi connectivity index (χ0n) is 10.7. The largest absolute Gasteiger partial charge is 0.488 e. The van der Waals surface area contributed by atoms with Gasteiger partial charge in [0, 0.05) is 25.1 Å². The third kappa shape index (κ3) is 3.43. The molecule has 2 unspecified atom stereocenters. The van der Waals surface area contributed by atoms with Crippen molar-refractivity contribution in [2.75, 3.05) is 19.7 Å². The molecule has 1 aromatic rings. The molecule has 1 aliphatic heterocycles. The number of fused-ring (bicyclic) bond motifs is 1. The van der Waals surface area contributed by atoms with Crippen LogP contribution in [-0.2, 0) is 6.42 Å². The van der Waals surface area contributed by atoms with Crippen molar-refractivity contribution in [2.24, 2.45) is 5.92 Å². The first-order valence-corrected chi connectivity index (χ1v) is 6.45. The molecule has 1 aliphatic rings. The molecule has 2 atom stereocenters. The zero-order chi connectivity index (χ0) is 13.0. The highest BCUT2D eigenvalue weighted by molar-refractivity contribution is 5.37. The number of hydrogen-bond donors (Lipinski definition) is 2. The summed E-state index contributed by atoms with van der Waals surface area (Å²) in [5.41, 5.74) is 0.949. The summed E-state index contributed by atoms with van der Waals surface area (Å²) in [4.78, 5) is 0. The van der Waals surface area contributed by atoms with Crippen molar-refractivity contribution >= 4 is 0 Å². The summed E-state index contributed by atoms with van der Waals surface area (Å²) in [5.74, 6) is 1.05. The SMILES string of the molecule is CC(CCO)CNCC1Cc2cc(F)ccc2O1. The van der Waals surface area contributed by atoms with Crippen molar-refractivity contribution in [1.29, 1.82) is 0 Å². The van der Waals surface area contributed by atoms with Gasteiger partial charge >= 0.3 is 0 Å². The second kappa shape index (κ2) is 6.16. The van der Waals surface area contributed by atoms with Gasteiger partial charge < -0.3 is 15.2 Å². The molecule has 0 spiro atoms. The fourth-order valence-electron chi connectivity index (χ4n) is 2.22. The molecular formula is C14H20FNO2. The van der Waals surface area contributed by atoms with Gasteiger partial charge in [0.25, 0.3) is 0 Å². The number of nitrogens with one attached hydrogen (secondary N) is 1. The van der Waals surface area contributed by atoms with E-state index >= 15 is 0 Å². The molecule has 1 aromatic carbocycles. The second-order valence-corrected chi connectivity index (χ2v) is 4.97. The molecule has 4 heteroatoms. The van der Waals surface area contributed by atoms with Gasteiger partial charge in [-0.1, -0.05) is 6.92 Å². The minimum Gasteiger partial charge on any atom is -0.488 e. The lowest BCUT2D eigenvalue weighted by Crippen LogP contribution is -2.33. The van der Waals surface area contributed by atoms with Crippen molar-refractivity contribution < 1.29 is 14.2 Å². The highest BCUT2D eigenvalue weighted by atomic mass is 19.1. The van der Waals surface area contributed by atoms with Gasteiger partial charge in [-0.15, -0.1) is 0 Å². The van der Waals surface area contributed by atoms with Gasteiger partial charge in [-0.25, -0.2) is 4.39 Å². The van der Waals surface area contributed by atoms with Crippen molar-refractivity contribution in [2.45, 2.75) is 25.9 Å². The van der Waals surface area contributed by atoms with E-state index in [1.807, 2.05) is 0 Å². The summed E-state index contributed by atoms with van der Waals surface area (Å²) >= 11 is 0. The Hall–Kier alpha value is -1.13. The number of ether oxygens (including phenoxy) is 1. The maximum absolute atomic E-state index is 13.0. The fraction of sp³-hybridized carbons (Fsp3) is 0.571. The summed E-state index contributed by atoms with van der Waals surface area (Å²) in [6, 6.07) is 4.67. The van der Waals surface area contributed by atoms with E-state index in [9.17, 15) is 4.39 Å². The third-order valence-corrected chi connectivity index (χ3v) is 3.25. The molecule has 2 N–H and O–H groups in total. The van der Waals surface area contributed by atoms with Crippen LogP contribution in [0.3, 0.4) is 0 Å². The molecule has 2 rings (SSSR count). The molecule has 0 saturated carbocycles. The minimum absolute atomic E-state index is 0.0862. The first kappa shape index (κ1) is 13.3. The Labute approximate surface area is 107 Å². The van der Waals surface area contributed by atoms with E-state index in [-0.39, 0.29) is 18.5 Å². The number of rotatable bonds is 6. The van der Waals surface area contributed by atoms with Crippen LogP contribution in [0.1, 0.15) is 18.9 Å². The quantitative estimate of drug-likeness (QED) is 0.811. The van der Waals surface area contributed by atoms with Crippen LogP contribution in [0.15, 0.2) is 18.2 Å². The monoisotopic (exact) mass is 253 g/mol. The molecule has 0 bridgehead atoms. The smallest absolute Gasteiger partial charge is 0.123 e. The topological polar surface area (TPSA) is 41.5 Å². The molecule has 0 amide bonds. The number of aliphatic hydroxyl groups is 1. The first-order chi connectivity index (χ1) is 8.69. The van der Waals surface area contributed by atoms with Crippen LogP contribution < -0.4 is 10.1 Å². The summed E-state index contributed by atoms with van der Waals surface area (Å²) in [6.45, 7) is 3.95. The van der Waals surface area contributed by atoms with E-state index in [2.05, 4.69) is 12.2 Å². The Morgan fingerprint density at radius 3 is 3.17 bits per heavy atom. The molecule has 0 fully saturated rings. The Balaban J connectivity index is 1.74. The Kier molecular flexibility index (Phi) is 4.55. The second-order valence-electron chi connectivity index (χ2n) is 4.97. The normalized spacial score (nSPS) is 19.4. The van der Waals surface area contributed by atoms with Gasteiger partial charge in [-0.3, -0.25) is 0 Å². The minimum atomic E-state index is -0.206. The molecule has 0 saturated heterocycles. The molecule has 1 heterocycles. The van der Waals surface area contributed by atoms with Crippen molar-refractivity contribution in [3.8, 4) is 5.75 Å². The Bertz CT molecular complexity index is 397. The standard InChI is InChI=1S/C14H20FNO2/c1-10(4-5-17)8-16-9-13-7-11-6-12(15)2-3-14(11)18-13/h2-3,6,10,13,16-17H,4-5,7-9H2,1H3. The molecule has 100 valence electrons. The maximum atomic E-state index is 13.0. The molecule has 18 heavy (non-hydrogen) atoms. The van der Waals surface area contributed by atoms with Crippen LogP contribution in [0.2, 0.25) is 0 Å². The average Bonchev–Trinajstić information content (AvgIpc) is 2.71. The summed E-state index contributed by atoms with van der Waals surface area (Å²) < 4.78 is 18.8. The van der Waals surface area contributed by atoms with Gasteiger partial charge in [-0.05, 0) is 37.1 Å². The number of hydrogen-bond acceptors (Lipinski definition) is 3. The lowest BCUT2D eigenvalue weighted by atomic mass is 10.1. The predicted molar refractivity (Wildman–Crippen MR) is 68.3 cm³/mol. The van der Waals surface area contributed by atoms with Crippen molar-refractivity contribution in [1.82, 2.24) is 5.32 Å². The van der Waals surface area contributed by atoms with Crippen LogP contribution >= 0.6 is 0 Å². The number of aliphatic hydroxyl groups excluding tert-OH is 1. The highest BCUT2D eigenvalue weighted by Crippen LogP contribution is 2.28. The third-order valence-electron chi connectivity index (χ3n) is 3.25. The van der Waals surface area contributed by atoms with Crippen LogP contribution in [0.4, 0.5) is 4.39 Å². The summed E-state index contributed by atoms with van der Waals surface area (Å²) in [7, 11) is 0. The molecule has 0 aliphatic carbocycles. The number of benzene rings is 1. The molecule has 0 radical (unpaired) electrons. The highest BCUT2D eigenvalue weighted by Gasteiger charge is 2.22. The van der Waals surface area contributed by atoms with E-state index in [0.29, 0.717) is 5.92 Å². The van der Waals surface area contributed by atoms with Crippen molar-refractivity contribution in [3.05, 3.63) is 29.6 Å². The van der Waals surface area contributed by atoms with Crippen LogP contribution in [-0.4, -0.2) is 30.9 Å². The van der Waals surface area contributed by atoms with Crippen LogP contribution in [0.5, 0.6) is 5.75 Å². The lowest BCUT2D eigenvalue weighted by molar-refractivity contribution is 0.220. The van der Waals surface area contributed by atoms with Gasteiger partial charge in [-0.2, -0.15) is 0 Å². The van der Waals surface area contributed by atoms with Gasteiger partial charge in [0.1, 0.15) is 17.7 Å². The van der Waals surface area contributed by atoms with E-state index in [4.69, 9.17) is 9.84 Å². The van der Waals surface area contributed by atoms with E-state index in [1.165, 1.54) is 6.07 Å². The van der Waals surface area contributed by atoms with Crippen LogP contribution in [0.25, 0.3) is 0 Å². The van der Waals surface area contributed by atoms with Gasteiger partial charge in [0.15, 0.2) is 0 Å². The van der Waals surface area contributed by atoms with E-state index < -0.39 is 0 Å². The van der Waals surface area contributed by atoms with Gasteiger partial charge in [0.2, 0.25) is 0 Å². The Morgan fingerprint density at radius 2 is 2.39 bits per heavy atom. The average molecular weight is 253 g/mol.